The van der Waals surface area contributed by atoms with Gasteiger partial charge in [-0.1, -0.05) is 42.5 Å². The Balaban J connectivity index is 1.72. The van der Waals surface area contributed by atoms with Crippen LogP contribution in [0.2, 0.25) is 0 Å². The van der Waals surface area contributed by atoms with Crippen LogP contribution in [-0.4, -0.2) is 24.0 Å². The highest BCUT2D eigenvalue weighted by Crippen LogP contribution is 2.29. The minimum atomic E-state index is 0.177. The minimum Gasteiger partial charge on any atom is -0.399 e. The second-order valence-corrected chi connectivity index (χ2v) is 6.07. The van der Waals surface area contributed by atoms with Gasteiger partial charge in [0.15, 0.2) is 0 Å². The molecule has 0 radical (unpaired) electrons. The minimum absolute atomic E-state index is 0.177. The van der Waals surface area contributed by atoms with Crippen molar-refractivity contribution in [3.63, 3.8) is 0 Å². The second kappa shape index (κ2) is 5.88. The molecule has 21 heavy (non-hydrogen) atoms. The van der Waals surface area contributed by atoms with Gasteiger partial charge < -0.3 is 11.5 Å². The van der Waals surface area contributed by atoms with Gasteiger partial charge in [-0.15, -0.1) is 0 Å². The van der Waals surface area contributed by atoms with Crippen LogP contribution in [0.4, 0.5) is 5.69 Å². The van der Waals surface area contributed by atoms with Gasteiger partial charge in [-0.2, -0.15) is 0 Å². The van der Waals surface area contributed by atoms with Crippen LogP contribution in [0.1, 0.15) is 22.6 Å². The zero-order valence-electron chi connectivity index (χ0n) is 12.5. The van der Waals surface area contributed by atoms with Gasteiger partial charge in [0.25, 0.3) is 0 Å². The Morgan fingerprint density at radius 2 is 1.86 bits per heavy atom. The topological polar surface area (TPSA) is 55.3 Å². The van der Waals surface area contributed by atoms with Gasteiger partial charge in [0, 0.05) is 37.3 Å². The molecule has 0 bridgehead atoms. The zero-order valence-corrected chi connectivity index (χ0v) is 12.5. The third-order valence-corrected chi connectivity index (χ3v) is 4.42. The number of nitrogens with two attached hydrogens (primary N) is 2. The Labute approximate surface area is 126 Å². The van der Waals surface area contributed by atoms with E-state index in [0.29, 0.717) is 5.92 Å². The van der Waals surface area contributed by atoms with Crippen molar-refractivity contribution in [1.29, 1.82) is 0 Å². The lowest BCUT2D eigenvalue weighted by molar-refractivity contribution is 0.324. The predicted molar refractivity (Wildman–Crippen MR) is 88.0 cm³/mol. The van der Waals surface area contributed by atoms with Crippen LogP contribution in [0.25, 0.3) is 0 Å². The molecule has 0 spiro atoms. The summed E-state index contributed by atoms with van der Waals surface area (Å²) in [5.41, 5.74) is 17.0. The third kappa shape index (κ3) is 3.09. The summed E-state index contributed by atoms with van der Waals surface area (Å²) in [5.74, 6) is 0.372. The van der Waals surface area contributed by atoms with E-state index in [9.17, 15) is 0 Å². The summed E-state index contributed by atoms with van der Waals surface area (Å²) >= 11 is 0. The van der Waals surface area contributed by atoms with E-state index in [1.54, 1.807) is 0 Å². The lowest BCUT2D eigenvalue weighted by Crippen LogP contribution is -2.28. The van der Waals surface area contributed by atoms with Crippen LogP contribution in [0.3, 0.4) is 0 Å². The maximum Gasteiger partial charge on any atom is 0.0346 e. The van der Waals surface area contributed by atoms with Crippen molar-refractivity contribution in [2.75, 3.05) is 18.8 Å². The molecule has 2 aromatic rings. The standard InChI is InChI=1S/C18H23N3/c1-13-7-8-15(9-17(13)19)16-11-21(12-18(16)20)10-14-5-3-2-4-6-14/h2-9,16,18H,10-12,19-20H2,1H3. The van der Waals surface area contributed by atoms with Crippen LogP contribution >= 0.6 is 0 Å². The highest BCUT2D eigenvalue weighted by Gasteiger charge is 2.31. The lowest BCUT2D eigenvalue weighted by atomic mass is 9.93. The van der Waals surface area contributed by atoms with Gasteiger partial charge in [-0.05, 0) is 29.7 Å². The number of hydrogen-bond donors (Lipinski definition) is 2. The van der Waals surface area contributed by atoms with Gasteiger partial charge in [0.05, 0.1) is 0 Å². The summed E-state index contributed by atoms with van der Waals surface area (Å²) in [5, 5.41) is 0. The first kappa shape index (κ1) is 14.1. The Morgan fingerprint density at radius 1 is 1.10 bits per heavy atom. The monoisotopic (exact) mass is 281 g/mol. The SMILES string of the molecule is Cc1ccc(C2CN(Cc3ccccc3)CC2N)cc1N. The fourth-order valence-electron chi connectivity index (χ4n) is 3.13. The van der Waals surface area contributed by atoms with Gasteiger partial charge in [-0.25, -0.2) is 0 Å². The molecular formula is C18H23N3. The number of nitrogen functional groups attached to an aromatic ring is 1. The van der Waals surface area contributed by atoms with E-state index >= 15 is 0 Å². The molecule has 2 atom stereocenters. The van der Waals surface area contributed by atoms with Crippen molar-refractivity contribution in [3.8, 4) is 0 Å². The van der Waals surface area contributed by atoms with Crippen molar-refractivity contribution < 1.29 is 0 Å². The van der Waals surface area contributed by atoms with Gasteiger partial charge in [-0.3, -0.25) is 4.90 Å². The molecule has 2 unspecified atom stereocenters. The van der Waals surface area contributed by atoms with Crippen molar-refractivity contribution >= 4 is 5.69 Å². The average molecular weight is 281 g/mol. The molecule has 1 heterocycles. The van der Waals surface area contributed by atoms with Gasteiger partial charge in [0.1, 0.15) is 0 Å². The molecule has 0 saturated carbocycles. The summed E-state index contributed by atoms with van der Waals surface area (Å²) in [6.07, 6.45) is 0. The first-order valence-electron chi connectivity index (χ1n) is 7.51. The van der Waals surface area contributed by atoms with Crippen molar-refractivity contribution in [2.45, 2.75) is 25.4 Å². The summed E-state index contributed by atoms with van der Waals surface area (Å²) in [6.45, 7) is 4.94. The molecule has 1 fully saturated rings. The number of likely N-dealkylation sites (tertiary alicyclic amines) is 1. The summed E-state index contributed by atoms with van der Waals surface area (Å²) in [6, 6.07) is 17.1. The second-order valence-electron chi connectivity index (χ2n) is 6.07. The first-order chi connectivity index (χ1) is 10.1. The number of anilines is 1. The fourth-order valence-corrected chi connectivity index (χ4v) is 3.13. The fraction of sp³-hybridized carbons (Fsp3) is 0.333. The van der Waals surface area contributed by atoms with Crippen molar-refractivity contribution in [3.05, 3.63) is 65.2 Å². The normalized spacial score (nSPS) is 22.6. The molecule has 3 rings (SSSR count). The van der Waals surface area contributed by atoms with E-state index in [1.807, 2.05) is 6.92 Å². The Morgan fingerprint density at radius 3 is 2.57 bits per heavy atom. The lowest BCUT2D eigenvalue weighted by Gasteiger charge is -2.17. The molecule has 1 saturated heterocycles. The van der Waals surface area contributed by atoms with E-state index in [2.05, 4.69) is 53.4 Å². The van der Waals surface area contributed by atoms with Gasteiger partial charge >= 0.3 is 0 Å². The predicted octanol–water partition coefficient (Wildman–Crippen LogP) is 2.50. The molecular weight excluding hydrogens is 258 g/mol. The number of benzene rings is 2. The van der Waals surface area contributed by atoms with E-state index in [4.69, 9.17) is 11.5 Å². The zero-order chi connectivity index (χ0) is 14.8. The molecule has 2 aromatic carbocycles. The quantitative estimate of drug-likeness (QED) is 0.850. The van der Waals surface area contributed by atoms with E-state index < -0.39 is 0 Å². The molecule has 3 nitrogen and oxygen atoms in total. The first-order valence-corrected chi connectivity index (χ1v) is 7.51. The maximum absolute atomic E-state index is 6.36. The van der Waals surface area contributed by atoms with Crippen molar-refractivity contribution in [2.24, 2.45) is 5.73 Å². The molecule has 1 aliphatic rings. The molecule has 4 N–H and O–H groups in total. The number of aryl methyl sites for hydroxylation is 1. The van der Waals surface area contributed by atoms with Crippen LogP contribution in [0.5, 0.6) is 0 Å². The summed E-state index contributed by atoms with van der Waals surface area (Å²) in [4.78, 5) is 2.43. The summed E-state index contributed by atoms with van der Waals surface area (Å²) in [7, 11) is 0. The smallest absolute Gasteiger partial charge is 0.0346 e. The molecule has 3 heteroatoms. The molecule has 0 amide bonds. The average Bonchev–Trinajstić information content (AvgIpc) is 2.84. The van der Waals surface area contributed by atoms with E-state index in [-0.39, 0.29) is 6.04 Å². The largest absolute Gasteiger partial charge is 0.399 e. The summed E-state index contributed by atoms with van der Waals surface area (Å²) < 4.78 is 0. The highest BCUT2D eigenvalue weighted by atomic mass is 15.2. The maximum atomic E-state index is 6.36. The third-order valence-electron chi connectivity index (χ3n) is 4.42. The van der Waals surface area contributed by atoms with Crippen LogP contribution in [0, 0.1) is 6.92 Å². The molecule has 1 aliphatic heterocycles. The van der Waals surface area contributed by atoms with Crippen LogP contribution < -0.4 is 11.5 Å². The van der Waals surface area contributed by atoms with Crippen LogP contribution in [0.15, 0.2) is 48.5 Å². The van der Waals surface area contributed by atoms with Crippen molar-refractivity contribution in [1.82, 2.24) is 4.90 Å². The molecule has 110 valence electrons. The van der Waals surface area contributed by atoms with Gasteiger partial charge in [0.2, 0.25) is 0 Å². The number of rotatable bonds is 3. The van der Waals surface area contributed by atoms with Crippen LogP contribution in [-0.2, 0) is 6.54 Å². The highest BCUT2D eigenvalue weighted by molar-refractivity contribution is 5.49. The van der Waals surface area contributed by atoms with E-state index in [0.717, 1.165) is 30.9 Å². The molecule has 0 aromatic heterocycles. The molecule has 0 aliphatic carbocycles. The number of nitrogens with zero attached hydrogens (tertiary/aromatic N) is 1. The number of hydrogen-bond acceptors (Lipinski definition) is 3. The Bertz CT molecular complexity index is 609. The Kier molecular flexibility index (Phi) is 3.95. The van der Waals surface area contributed by atoms with E-state index in [1.165, 1.54) is 11.1 Å². The Hall–Kier alpha value is -1.84.